The molecule has 0 radical (unpaired) electrons. The van der Waals surface area contributed by atoms with E-state index in [0.717, 1.165) is 88.9 Å². The quantitative estimate of drug-likeness (QED) is 0.160. The zero-order chi connectivity index (χ0) is 37.7. The fourth-order valence-corrected chi connectivity index (χ4v) is 8.07. The maximum absolute atomic E-state index is 6.64. The number of hydrogen-bond donors (Lipinski definition) is 0. The van der Waals surface area contributed by atoms with Crippen molar-refractivity contribution in [2.45, 2.75) is 0 Å². The van der Waals surface area contributed by atoms with Crippen LogP contribution in [0.2, 0.25) is 0 Å². The number of furan rings is 1. The Morgan fingerprint density at radius 1 is 0.333 bits per heavy atom. The Labute approximate surface area is 329 Å². The molecule has 4 nitrogen and oxygen atoms in total. The van der Waals surface area contributed by atoms with E-state index in [4.69, 9.17) is 19.4 Å². The van der Waals surface area contributed by atoms with Crippen molar-refractivity contribution in [1.82, 2.24) is 15.0 Å². The van der Waals surface area contributed by atoms with Crippen molar-refractivity contribution in [2.75, 3.05) is 0 Å². The normalized spacial score (nSPS) is 11.5. The van der Waals surface area contributed by atoms with Gasteiger partial charge in [0.05, 0.1) is 16.9 Å². The summed E-state index contributed by atoms with van der Waals surface area (Å²) in [5, 5.41) is 5.67. The Bertz CT molecular complexity index is 3280. The summed E-state index contributed by atoms with van der Waals surface area (Å²) in [6.45, 7) is 0. The summed E-state index contributed by atoms with van der Waals surface area (Å²) in [6, 6.07) is 69.6. The SMILES string of the molecule is c1ccc(-c2cccc(-c3cc(-c4ccc(-c5cccc(-c6nc7ccc8ccccc8c7c7c6oc6ccccc67)c5)cc4)nc(-c4ccccc4)n3)c2)cc1. The van der Waals surface area contributed by atoms with Crippen LogP contribution < -0.4 is 0 Å². The largest absolute Gasteiger partial charge is 0.454 e. The number of rotatable bonds is 6. The summed E-state index contributed by atoms with van der Waals surface area (Å²) >= 11 is 0. The van der Waals surface area contributed by atoms with E-state index >= 15 is 0 Å². The predicted octanol–water partition coefficient (Wildman–Crippen LogP) is 14.1. The zero-order valence-electron chi connectivity index (χ0n) is 30.8. The van der Waals surface area contributed by atoms with Crippen LogP contribution in [-0.2, 0) is 0 Å². The molecule has 266 valence electrons. The molecule has 3 heterocycles. The summed E-state index contributed by atoms with van der Waals surface area (Å²) in [4.78, 5) is 15.5. The number of nitrogens with zero attached hydrogens (tertiary/aromatic N) is 3. The van der Waals surface area contributed by atoms with Crippen LogP contribution in [0.25, 0.3) is 111 Å². The maximum atomic E-state index is 6.64. The van der Waals surface area contributed by atoms with Gasteiger partial charge in [0.15, 0.2) is 11.4 Å². The molecule has 0 fully saturated rings. The van der Waals surface area contributed by atoms with Gasteiger partial charge in [-0.2, -0.15) is 0 Å². The lowest BCUT2D eigenvalue weighted by atomic mass is 9.96. The summed E-state index contributed by atoms with van der Waals surface area (Å²) in [5.74, 6) is 0.692. The Balaban J connectivity index is 0.998. The van der Waals surface area contributed by atoms with E-state index in [1.807, 2.05) is 36.4 Å². The van der Waals surface area contributed by atoms with Gasteiger partial charge in [-0.25, -0.2) is 15.0 Å². The Kier molecular flexibility index (Phi) is 7.78. The number of pyridine rings is 1. The van der Waals surface area contributed by atoms with Crippen molar-refractivity contribution in [3.63, 3.8) is 0 Å². The molecule has 11 rings (SSSR count). The van der Waals surface area contributed by atoms with E-state index in [0.29, 0.717) is 5.82 Å². The number of aromatic nitrogens is 3. The molecule has 0 spiro atoms. The molecule has 0 N–H and O–H groups in total. The Morgan fingerprint density at radius 2 is 0.895 bits per heavy atom. The number of para-hydroxylation sites is 1. The summed E-state index contributed by atoms with van der Waals surface area (Å²) in [5.41, 5.74) is 13.7. The molecule has 0 amide bonds. The van der Waals surface area contributed by atoms with Crippen LogP contribution in [0.3, 0.4) is 0 Å². The van der Waals surface area contributed by atoms with E-state index in [2.05, 4.69) is 164 Å². The topological polar surface area (TPSA) is 51.8 Å². The van der Waals surface area contributed by atoms with Gasteiger partial charge in [0.1, 0.15) is 11.3 Å². The van der Waals surface area contributed by atoms with Crippen LogP contribution in [0.5, 0.6) is 0 Å². The van der Waals surface area contributed by atoms with Gasteiger partial charge in [0.2, 0.25) is 0 Å². The van der Waals surface area contributed by atoms with Crippen molar-refractivity contribution in [2.24, 2.45) is 0 Å². The first kappa shape index (κ1) is 32.7. The lowest BCUT2D eigenvalue weighted by Crippen LogP contribution is -1.96. The van der Waals surface area contributed by atoms with Crippen LogP contribution in [0.15, 0.2) is 205 Å². The highest BCUT2D eigenvalue weighted by molar-refractivity contribution is 6.27. The molecule has 0 aliphatic rings. The number of benzene rings is 8. The van der Waals surface area contributed by atoms with Crippen molar-refractivity contribution in [3.8, 4) is 67.4 Å². The molecule has 0 atom stereocenters. The molecule has 0 bridgehead atoms. The number of hydrogen-bond acceptors (Lipinski definition) is 4. The van der Waals surface area contributed by atoms with Gasteiger partial charge in [-0.1, -0.05) is 170 Å². The van der Waals surface area contributed by atoms with Crippen molar-refractivity contribution in [1.29, 1.82) is 0 Å². The van der Waals surface area contributed by atoms with Crippen molar-refractivity contribution in [3.05, 3.63) is 200 Å². The van der Waals surface area contributed by atoms with Crippen molar-refractivity contribution >= 4 is 43.6 Å². The van der Waals surface area contributed by atoms with Crippen LogP contribution in [0, 0.1) is 0 Å². The second-order valence-corrected chi connectivity index (χ2v) is 14.4. The minimum atomic E-state index is 0.692. The summed E-state index contributed by atoms with van der Waals surface area (Å²) in [6.07, 6.45) is 0. The first-order valence-electron chi connectivity index (χ1n) is 19.2. The maximum Gasteiger partial charge on any atom is 0.162 e. The van der Waals surface area contributed by atoms with Gasteiger partial charge in [0.25, 0.3) is 0 Å². The lowest BCUT2D eigenvalue weighted by molar-refractivity contribution is 0.669. The highest BCUT2D eigenvalue weighted by atomic mass is 16.3. The Morgan fingerprint density at radius 3 is 1.67 bits per heavy atom. The molecule has 8 aromatic carbocycles. The highest BCUT2D eigenvalue weighted by Crippen LogP contribution is 2.42. The lowest BCUT2D eigenvalue weighted by Gasteiger charge is -2.12. The van der Waals surface area contributed by atoms with Gasteiger partial charge in [-0.3, -0.25) is 0 Å². The van der Waals surface area contributed by atoms with Crippen LogP contribution in [0.1, 0.15) is 0 Å². The third-order valence-electron chi connectivity index (χ3n) is 10.9. The third-order valence-corrected chi connectivity index (χ3v) is 10.9. The highest BCUT2D eigenvalue weighted by Gasteiger charge is 2.20. The van der Waals surface area contributed by atoms with E-state index in [1.165, 1.54) is 16.3 Å². The first-order chi connectivity index (χ1) is 28.2. The standard InChI is InChI=1S/C53H33N3O/c1-3-13-34(14-4-1)39-18-11-20-41(31-39)47-33-46(55-53(56-47)38-16-5-2-6-17-38)37-27-25-35(26-28-37)40-19-12-21-42(32-40)51-52-50(44-23-9-10-24-48(44)57-52)49-43-22-8-7-15-36(43)29-30-45(49)54-51/h1-33H. The Hall–Kier alpha value is -7.69. The van der Waals surface area contributed by atoms with Gasteiger partial charge in [-0.05, 0) is 63.4 Å². The molecule has 4 heteroatoms. The summed E-state index contributed by atoms with van der Waals surface area (Å²) in [7, 11) is 0. The molecular weight excluding hydrogens is 695 g/mol. The van der Waals surface area contributed by atoms with Crippen LogP contribution >= 0.6 is 0 Å². The summed E-state index contributed by atoms with van der Waals surface area (Å²) < 4.78 is 6.64. The zero-order valence-corrected chi connectivity index (χ0v) is 30.8. The first-order valence-corrected chi connectivity index (χ1v) is 19.2. The second-order valence-electron chi connectivity index (χ2n) is 14.4. The molecule has 0 aliphatic heterocycles. The molecule has 57 heavy (non-hydrogen) atoms. The molecule has 11 aromatic rings. The van der Waals surface area contributed by atoms with Gasteiger partial charge < -0.3 is 4.42 Å². The van der Waals surface area contributed by atoms with E-state index in [1.54, 1.807) is 0 Å². The van der Waals surface area contributed by atoms with Gasteiger partial charge in [-0.15, -0.1) is 0 Å². The van der Waals surface area contributed by atoms with E-state index in [-0.39, 0.29) is 0 Å². The molecule has 0 aliphatic carbocycles. The number of fused-ring (bicyclic) bond motifs is 7. The fraction of sp³-hybridized carbons (Fsp3) is 0. The molecule has 3 aromatic heterocycles. The fourth-order valence-electron chi connectivity index (χ4n) is 8.07. The average Bonchev–Trinajstić information content (AvgIpc) is 3.69. The van der Waals surface area contributed by atoms with Crippen LogP contribution in [-0.4, -0.2) is 15.0 Å². The van der Waals surface area contributed by atoms with Crippen LogP contribution in [0.4, 0.5) is 0 Å². The smallest absolute Gasteiger partial charge is 0.162 e. The minimum absolute atomic E-state index is 0.692. The third kappa shape index (κ3) is 5.83. The second kappa shape index (κ2) is 13.6. The van der Waals surface area contributed by atoms with Crippen molar-refractivity contribution < 1.29 is 4.42 Å². The molecule has 0 saturated heterocycles. The molecule has 0 saturated carbocycles. The molecule has 0 unspecified atom stereocenters. The van der Waals surface area contributed by atoms with Gasteiger partial charge in [0, 0.05) is 38.4 Å². The minimum Gasteiger partial charge on any atom is -0.454 e. The average molecular weight is 728 g/mol. The molecular formula is C53H33N3O. The van der Waals surface area contributed by atoms with E-state index < -0.39 is 0 Å². The predicted molar refractivity (Wildman–Crippen MR) is 235 cm³/mol. The van der Waals surface area contributed by atoms with E-state index in [9.17, 15) is 0 Å². The van der Waals surface area contributed by atoms with Gasteiger partial charge >= 0.3 is 0 Å². The monoisotopic (exact) mass is 727 g/mol.